The molecule has 2 atom stereocenters. The quantitative estimate of drug-likeness (QED) is 0.427. The molecule has 0 radical (unpaired) electrons. The van der Waals surface area contributed by atoms with Crippen LogP contribution in [0.2, 0.25) is 0 Å². The van der Waals surface area contributed by atoms with Crippen molar-refractivity contribution >= 4 is 7.60 Å². The molecule has 1 heterocycles. The van der Waals surface area contributed by atoms with Gasteiger partial charge in [0.2, 0.25) is 0 Å². The van der Waals surface area contributed by atoms with Crippen LogP contribution in [0.5, 0.6) is 0 Å². The molecule has 0 aromatic heterocycles. The Balaban J connectivity index is 2.71. The summed E-state index contributed by atoms with van der Waals surface area (Å²) in [5.41, 5.74) is 0. The highest BCUT2D eigenvalue weighted by atomic mass is 31.2. The van der Waals surface area contributed by atoms with E-state index in [9.17, 15) is 4.57 Å². The van der Waals surface area contributed by atoms with Gasteiger partial charge in [0.15, 0.2) is 0 Å². The van der Waals surface area contributed by atoms with Crippen LogP contribution in [0.4, 0.5) is 0 Å². The highest BCUT2D eigenvalue weighted by molar-refractivity contribution is 7.57. The summed E-state index contributed by atoms with van der Waals surface area (Å²) in [4.78, 5) is 0. The van der Waals surface area contributed by atoms with Gasteiger partial charge >= 0.3 is 7.60 Å². The maximum absolute atomic E-state index is 11.1. The van der Waals surface area contributed by atoms with E-state index in [2.05, 4.69) is 10.4 Å². The van der Waals surface area contributed by atoms with Gasteiger partial charge in [-0.2, -0.15) is 0 Å². The molecule has 10 heavy (non-hydrogen) atoms. The van der Waals surface area contributed by atoms with Gasteiger partial charge in [0.1, 0.15) is 6.10 Å². The SMILES string of the molecule is C#CC1C=CP(=O)(OC)O1. The van der Waals surface area contributed by atoms with Crippen LogP contribution in [0.25, 0.3) is 0 Å². The van der Waals surface area contributed by atoms with E-state index in [0.717, 1.165) is 0 Å². The minimum atomic E-state index is -2.95. The topological polar surface area (TPSA) is 35.5 Å². The average molecular weight is 158 g/mol. The molecular weight excluding hydrogens is 151 g/mol. The van der Waals surface area contributed by atoms with Crippen molar-refractivity contribution in [3.63, 3.8) is 0 Å². The molecule has 0 fully saturated rings. The van der Waals surface area contributed by atoms with Crippen LogP contribution in [-0.2, 0) is 13.6 Å². The van der Waals surface area contributed by atoms with Crippen LogP contribution in [-0.4, -0.2) is 13.2 Å². The van der Waals surface area contributed by atoms with Gasteiger partial charge in [-0.3, -0.25) is 9.09 Å². The molecular formula is C6H7O3P. The molecule has 0 aromatic carbocycles. The van der Waals surface area contributed by atoms with E-state index in [0.29, 0.717) is 0 Å². The summed E-state index contributed by atoms with van der Waals surface area (Å²) in [5.74, 6) is 3.66. The first-order chi connectivity index (χ1) is 4.70. The van der Waals surface area contributed by atoms with Gasteiger partial charge < -0.3 is 4.52 Å². The van der Waals surface area contributed by atoms with E-state index in [1.165, 1.54) is 12.9 Å². The van der Waals surface area contributed by atoms with Crippen molar-refractivity contribution in [2.75, 3.05) is 7.11 Å². The van der Waals surface area contributed by atoms with Crippen molar-refractivity contribution in [3.8, 4) is 12.3 Å². The molecule has 0 bridgehead atoms. The van der Waals surface area contributed by atoms with Gasteiger partial charge in [0.05, 0.1) is 0 Å². The van der Waals surface area contributed by atoms with Crippen LogP contribution >= 0.6 is 7.60 Å². The van der Waals surface area contributed by atoms with E-state index in [1.807, 2.05) is 0 Å². The Morgan fingerprint density at radius 1 is 1.90 bits per heavy atom. The Morgan fingerprint density at radius 2 is 2.60 bits per heavy atom. The summed E-state index contributed by atoms with van der Waals surface area (Å²) >= 11 is 0. The third-order valence-electron chi connectivity index (χ3n) is 1.12. The molecule has 0 N–H and O–H groups in total. The Hall–Kier alpha value is -0.550. The Labute approximate surface area is 59.6 Å². The first kappa shape index (κ1) is 7.56. The molecule has 1 aliphatic heterocycles. The fourth-order valence-electron chi connectivity index (χ4n) is 0.602. The lowest BCUT2D eigenvalue weighted by molar-refractivity contribution is 0.244. The average Bonchev–Trinajstić information content (AvgIpc) is 2.33. The van der Waals surface area contributed by atoms with Crippen LogP contribution < -0.4 is 0 Å². The van der Waals surface area contributed by atoms with E-state index < -0.39 is 13.7 Å². The molecule has 0 aromatic rings. The monoisotopic (exact) mass is 158 g/mol. The van der Waals surface area contributed by atoms with Crippen molar-refractivity contribution < 1.29 is 13.6 Å². The van der Waals surface area contributed by atoms with Gasteiger partial charge in [-0.1, -0.05) is 5.92 Å². The van der Waals surface area contributed by atoms with Gasteiger partial charge in [-0.05, 0) is 6.08 Å². The molecule has 2 unspecified atom stereocenters. The molecule has 0 amide bonds. The number of hydrogen-bond donors (Lipinski definition) is 0. The summed E-state index contributed by atoms with van der Waals surface area (Å²) in [6.07, 6.45) is 6.06. The van der Waals surface area contributed by atoms with E-state index >= 15 is 0 Å². The van der Waals surface area contributed by atoms with Gasteiger partial charge in [-0.25, -0.2) is 0 Å². The summed E-state index contributed by atoms with van der Waals surface area (Å²) in [6.45, 7) is 0. The molecule has 0 saturated carbocycles. The zero-order chi connectivity index (χ0) is 7.61. The number of terminal acetylenes is 1. The van der Waals surface area contributed by atoms with E-state index in [-0.39, 0.29) is 0 Å². The van der Waals surface area contributed by atoms with Crippen molar-refractivity contribution in [3.05, 3.63) is 11.9 Å². The number of hydrogen-bond acceptors (Lipinski definition) is 3. The first-order valence-electron chi connectivity index (χ1n) is 2.69. The maximum atomic E-state index is 11.1. The molecule has 0 saturated heterocycles. The van der Waals surface area contributed by atoms with Gasteiger partial charge in [0.25, 0.3) is 0 Å². The predicted molar refractivity (Wildman–Crippen MR) is 37.5 cm³/mol. The van der Waals surface area contributed by atoms with Crippen LogP contribution in [0.3, 0.4) is 0 Å². The van der Waals surface area contributed by atoms with Crippen LogP contribution in [0.15, 0.2) is 11.9 Å². The fourth-order valence-corrected chi connectivity index (χ4v) is 1.69. The largest absolute Gasteiger partial charge is 0.355 e. The van der Waals surface area contributed by atoms with Crippen LogP contribution in [0.1, 0.15) is 0 Å². The van der Waals surface area contributed by atoms with Crippen molar-refractivity contribution in [2.24, 2.45) is 0 Å². The summed E-state index contributed by atoms with van der Waals surface area (Å²) in [6, 6.07) is 0. The second-order valence-electron chi connectivity index (χ2n) is 1.76. The standard InChI is InChI=1S/C6H7O3P/c1-3-6-4-5-10(7,8-2)9-6/h1,4-6H,2H3. The van der Waals surface area contributed by atoms with Gasteiger partial charge in [-0.15, -0.1) is 6.42 Å². The lowest BCUT2D eigenvalue weighted by atomic mass is 10.4. The van der Waals surface area contributed by atoms with Gasteiger partial charge in [0, 0.05) is 12.9 Å². The highest BCUT2D eigenvalue weighted by Gasteiger charge is 2.28. The molecule has 0 aliphatic carbocycles. The maximum Gasteiger partial charge on any atom is 0.355 e. The Morgan fingerprint density at radius 3 is 2.90 bits per heavy atom. The lowest BCUT2D eigenvalue weighted by Gasteiger charge is -2.06. The summed E-state index contributed by atoms with van der Waals surface area (Å²) in [7, 11) is -1.62. The van der Waals surface area contributed by atoms with E-state index in [4.69, 9.17) is 10.9 Å². The second kappa shape index (κ2) is 2.59. The minimum Gasteiger partial charge on any atom is -0.309 e. The Kier molecular flexibility index (Phi) is 1.96. The minimum absolute atomic E-state index is 0.495. The zero-order valence-corrected chi connectivity index (χ0v) is 6.38. The van der Waals surface area contributed by atoms with Crippen molar-refractivity contribution in [2.45, 2.75) is 6.10 Å². The van der Waals surface area contributed by atoms with Crippen LogP contribution in [0, 0.1) is 12.3 Å². The Bertz CT molecular complexity index is 238. The van der Waals surface area contributed by atoms with Crippen molar-refractivity contribution in [1.29, 1.82) is 0 Å². The lowest BCUT2D eigenvalue weighted by Crippen LogP contribution is -1.97. The summed E-state index contributed by atoms with van der Waals surface area (Å²) in [5, 5.41) is 0. The zero-order valence-electron chi connectivity index (χ0n) is 5.48. The van der Waals surface area contributed by atoms with E-state index in [1.54, 1.807) is 6.08 Å². The van der Waals surface area contributed by atoms with Crippen molar-refractivity contribution in [1.82, 2.24) is 0 Å². The third kappa shape index (κ3) is 1.30. The first-order valence-corrected chi connectivity index (χ1v) is 4.31. The molecule has 1 rings (SSSR count). The molecule has 0 spiro atoms. The highest BCUT2D eigenvalue weighted by Crippen LogP contribution is 2.53. The third-order valence-corrected chi connectivity index (χ3v) is 2.69. The molecule has 54 valence electrons. The normalized spacial score (nSPS) is 37.8. The number of rotatable bonds is 1. The summed E-state index contributed by atoms with van der Waals surface area (Å²) < 4.78 is 20.5. The molecule has 1 aliphatic rings. The molecule has 4 heteroatoms. The predicted octanol–water partition coefficient (Wildman–Crippen LogP) is 1.37. The second-order valence-corrected chi connectivity index (χ2v) is 3.71. The molecule has 3 nitrogen and oxygen atoms in total. The smallest absolute Gasteiger partial charge is 0.309 e. The fraction of sp³-hybridized carbons (Fsp3) is 0.333.